The van der Waals surface area contributed by atoms with E-state index in [1.807, 2.05) is 11.5 Å². The number of hydrogen-bond acceptors (Lipinski definition) is 3. The van der Waals surface area contributed by atoms with Gasteiger partial charge in [0.2, 0.25) is 0 Å². The van der Waals surface area contributed by atoms with Gasteiger partial charge in [0.05, 0.1) is 29.0 Å². The number of aryl methyl sites for hydroxylation is 1. The molecule has 1 heterocycles. The average Bonchev–Trinajstić information content (AvgIpc) is 2.78. The first-order valence-corrected chi connectivity index (χ1v) is 5.98. The van der Waals surface area contributed by atoms with E-state index in [-0.39, 0.29) is 11.7 Å². The molecule has 1 aromatic heterocycles. The highest BCUT2D eigenvalue weighted by atomic mass is 16.4. The van der Waals surface area contributed by atoms with Crippen molar-refractivity contribution in [3.63, 3.8) is 0 Å². The SMILES string of the molecule is CCC(O)CCn1cnc2cc(C(=O)O)ccc21. The number of aliphatic hydroxyl groups is 1. The van der Waals surface area contributed by atoms with Crippen molar-refractivity contribution >= 4 is 17.0 Å². The van der Waals surface area contributed by atoms with Crippen molar-refractivity contribution < 1.29 is 15.0 Å². The molecule has 0 aliphatic carbocycles. The highest BCUT2D eigenvalue weighted by Gasteiger charge is 2.08. The minimum absolute atomic E-state index is 0.237. The van der Waals surface area contributed by atoms with Crippen LogP contribution in [0, 0.1) is 0 Å². The maximum Gasteiger partial charge on any atom is 0.335 e. The fourth-order valence-electron chi connectivity index (χ4n) is 1.87. The molecule has 2 rings (SSSR count). The molecular formula is C13H16N2O3. The summed E-state index contributed by atoms with van der Waals surface area (Å²) in [5.74, 6) is -0.951. The van der Waals surface area contributed by atoms with Crippen LogP contribution in [0.15, 0.2) is 24.5 Å². The van der Waals surface area contributed by atoms with E-state index in [0.29, 0.717) is 18.5 Å². The second kappa shape index (κ2) is 5.18. The van der Waals surface area contributed by atoms with Gasteiger partial charge in [-0.05, 0) is 31.0 Å². The van der Waals surface area contributed by atoms with Gasteiger partial charge in [-0.3, -0.25) is 0 Å². The van der Waals surface area contributed by atoms with Crippen molar-refractivity contribution in [1.82, 2.24) is 9.55 Å². The fourth-order valence-corrected chi connectivity index (χ4v) is 1.87. The number of fused-ring (bicyclic) bond motifs is 1. The molecule has 18 heavy (non-hydrogen) atoms. The quantitative estimate of drug-likeness (QED) is 0.847. The number of aromatic carboxylic acids is 1. The van der Waals surface area contributed by atoms with Crippen LogP contribution in [0.4, 0.5) is 0 Å². The molecule has 0 saturated heterocycles. The molecule has 96 valence electrons. The van der Waals surface area contributed by atoms with Gasteiger partial charge in [0.15, 0.2) is 0 Å². The predicted octanol–water partition coefficient (Wildman–Crippen LogP) is 1.90. The molecule has 0 spiro atoms. The second-order valence-electron chi connectivity index (χ2n) is 4.30. The second-order valence-corrected chi connectivity index (χ2v) is 4.30. The van der Waals surface area contributed by atoms with E-state index in [4.69, 9.17) is 5.11 Å². The van der Waals surface area contributed by atoms with Crippen LogP contribution in [0.2, 0.25) is 0 Å². The number of hydrogen-bond donors (Lipinski definition) is 2. The molecule has 5 heteroatoms. The highest BCUT2D eigenvalue weighted by molar-refractivity contribution is 5.92. The van der Waals surface area contributed by atoms with Crippen LogP contribution in [-0.2, 0) is 6.54 Å². The lowest BCUT2D eigenvalue weighted by Crippen LogP contribution is -2.09. The Labute approximate surface area is 105 Å². The molecule has 0 amide bonds. The Balaban J connectivity index is 2.23. The molecule has 0 bridgehead atoms. The first-order valence-electron chi connectivity index (χ1n) is 5.98. The molecule has 5 nitrogen and oxygen atoms in total. The number of rotatable bonds is 5. The third-order valence-corrected chi connectivity index (χ3v) is 3.04. The van der Waals surface area contributed by atoms with Gasteiger partial charge < -0.3 is 14.8 Å². The van der Waals surface area contributed by atoms with Crippen molar-refractivity contribution in [2.75, 3.05) is 0 Å². The Morgan fingerprint density at radius 2 is 2.28 bits per heavy atom. The van der Waals surface area contributed by atoms with Gasteiger partial charge in [-0.25, -0.2) is 9.78 Å². The van der Waals surface area contributed by atoms with E-state index in [2.05, 4.69) is 4.98 Å². The van der Waals surface area contributed by atoms with Gasteiger partial charge in [0, 0.05) is 6.54 Å². The third kappa shape index (κ3) is 2.51. The summed E-state index contributed by atoms with van der Waals surface area (Å²) in [7, 11) is 0. The zero-order valence-corrected chi connectivity index (χ0v) is 10.2. The molecule has 2 N–H and O–H groups in total. The Morgan fingerprint density at radius 1 is 1.50 bits per heavy atom. The Bertz CT molecular complexity index is 562. The Morgan fingerprint density at radius 3 is 2.94 bits per heavy atom. The van der Waals surface area contributed by atoms with Crippen LogP contribution < -0.4 is 0 Å². The largest absolute Gasteiger partial charge is 0.478 e. The summed E-state index contributed by atoms with van der Waals surface area (Å²) in [5, 5.41) is 18.4. The summed E-state index contributed by atoms with van der Waals surface area (Å²) >= 11 is 0. The monoisotopic (exact) mass is 248 g/mol. The number of nitrogens with zero attached hydrogens (tertiary/aromatic N) is 2. The van der Waals surface area contributed by atoms with Gasteiger partial charge in [-0.1, -0.05) is 6.92 Å². The number of imidazole rings is 1. The zero-order valence-electron chi connectivity index (χ0n) is 10.2. The molecular weight excluding hydrogens is 232 g/mol. The van der Waals surface area contributed by atoms with Crippen molar-refractivity contribution in [3.8, 4) is 0 Å². The smallest absolute Gasteiger partial charge is 0.335 e. The minimum Gasteiger partial charge on any atom is -0.478 e. The topological polar surface area (TPSA) is 75.3 Å². The van der Waals surface area contributed by atoms with Gasteiger partial charge in [-0.2, -0.15) is 0 Å². The van der Waals surface area contributed by atoms with Crippen LogP contribution in [-0.4, -0.2) is 31.8 Å². The van der Waals surface area contributed by atoms with E-state index in [9.17, 15) is 9.90 Å². The van der Waals surface area contributed by atoms with E-state index in [1.54, 1.807) is 24.5 Å². The molecule has 0 aliphatic rings. The van der Waals surface area contributed by atoms with Gasteiger partial charge in [-0.15, -0.1) is 0 Å². The standard InChI is InChI=1S/C13H16N2O3/c1-2-10(16)5-6-15-8-14-11-7-9(13(17)18)3-4-12(11)15/h3-4,7-8,10,16H,2,5-6H2,1H3,(H,17,18). The molecule has 0 radical (unpaired) electrons. The molecule has 0 aliphatic heterocycles. The van der Waals surface area contributed by atoms with Crippen LogP contribution in [0.5, 0.6) is 0 Å². The average molecular weight is 248 g/mol. The summed E-state index contributed by atoms with van der Waals surface area (Å²) in [5.41, 5.74) is 1.80. The van der Waals surface area contributed by atoms with Crippen molar-refractivity contribution in [3.05, 3.63) is 30.1 Å². The molecule has 1 atom stereocenters. The highest BCUT2D eigenvalue weighted by Crippen LogP contribution is 2.16. The fraction of sp³-hybridized carbons (Fsp3) is 0.385. The third-order valence-electron chi connectivity index (χ3n) is 3.04. The summed E-state index contributed by atoms with van der Waals surface area (Å²) in [6, 6.07) is 4.88. The Kier molecular flexibility index (Phi) is 3.62. The van der Waals surface area contributed by atoms with Crippen LogP contribution in [0.25, 0.3) is 11.0 Å². The van der Waals surface area contributed by atoms with Crippen LogP contribution >= 0.6 is 0 Å². The zero-order chi connectivity index (χ0) is 13.1. The maximum atomic E-state index is 10.8. The van der Waals surface area contributed by atoms with E-state index < -0.39 is 5.97 Å². The van der Waals surface area contributed by atoms with Crippen molar-refractivity contribution in [2.45, 2.75) is 32.4 Å². The summed E-state index contributed by atoms with van der Waals surface area (Å²) in [4.78, 5) is 15.0. The summed E-state index contributed by atoms with van der Waals surface area (Å²) in [6.45, 7) is 2.62. The maximum absolute atomic E-state index is 10.8. The van der Waals surface area contributed by atoms with E-state index >= 15 is 0 Å². The number of carboxylic acids is 1. The normalized spacial score (nSPS) is 12.8. The van der Waals surface area contributed by atoms with Gasteiger partial charge in [0.25, 0.3) is 0 Å². The lowest BCUT2D eigenvalue weighted by atomic mass is 10.2. The molecule has 2 aromatic rings. The van der Waals surface area contributed by atoms with Crippen molar-refractivity contribution in [1.29, 1.82) is 0 Å². The van der Waals surface area contributed by atoms with E-state index in [0.717, 1.165) is 11.9 Å². The van der Waals surface area contributed by atoms with Crippen molar-refractivity contribution in [2.24, 2.45) is 0 Å². The van der Waals surface area contributed by atoms with Gasteiger partial charge >= 0.3 is 5.97 Å². The lowest BCUT2D eigenvalue weighted by Gasteiger charge is -2.08. The lowest BCUT2D eigenvalue weighted by molar-refractivity contribution is 0.0697. The minimum atomic E-state index is -0.951. The first kappa shape index (κ1) is 12.6. The van der Waals surface area contributed by atoms with Crippen LogP contribution in [0.3, 0.4) is 0 Å². The molecule has 0 saturated carbocycles. The molecule has 1 aromatic carbocycles. The predicted molar refractivity (Wildman–Crippen MR) is 67.6 cm³/mol. The number of carbonyl (C=O) groups is 1. The van der Waals surface area contributed by atoms with Crippen LogP contribution in [0.1, 0.15) is 30.1 Å². The molecule has 0 fully saturated rings. The number of carboxylic acid groups (broad SMARTS) is 1. The molecule has 1 unspecified atom stereocenters. The summed E-state index contributed by atoms with van der Waals surface area (Å²) in [6.07, 6.45) is 2.78. The first-order chi connectivity index (χ1) is 8.61. The Hall–Kier alpha value is -1.88. The number of benzene rings is 1. The number of aromatic nitrogens is 2. The van der Waals surface area contributed by atoms with E-state index in [1.165, 1.54) is 0 Å². The summed E-state index contributed by atoms with van der Waals surface area (Å²) < 4.78 is 1.93. The number of aliphatic hydroxyl groups excluding tert-OH is 1. The van der Waals surface area contributed by atoms with Gasteiger partial charge in [0.1, 0.15) is 0 Å².